The van der Waals surface area contributed by atoms with Crippen LogP contribution in [0.1, 0.15) is 33.6 Å². The van der Waals surface area contributed by atoms with Gasteiger partial charge in [0.25, 0.3) is 0 Å². The third-order valence-corrected chi connectivity index (χ3v) is 6.23. The standard InChI is InChI=1S/C14H25NO2/c1-13(2)10-4-5-14(13,3)12(16)11(10)15-6-8-17-9-7-15/h10-12,16H,4-9H2,1-3H3/t10-,11-,12-,14+/m1/s1. The van der Waals surface area contributed by atoms with Crippen molar-refractivity contribution in [2.24, 2.45) is 16.7 Å². The normalized spacial score (nSPS) is 49.8. The second-order valence-corrected chi connectivity index (χ2v) is 6.87. The van der Waals surface area contributed by atoms with Gasteiger partial charge in [-0.3, -0.25) is 4.90 Å². The Bertz CT molecular complexity index is 311. The monoisotopic (exact) mass is 239 g/mol. The second kappa shape index (κ2) is 3.69. The SMILES string of the molecule is CC1(C)[C@@H]2CC[C@@]1(C)[C@H](O)[C@@H]2N1CCOCC1. The average molecular weight is 239 g/mol. The molecule has 3 rings (SSSR count). The molecule has 3 heteroatoms. The van der Waals surface area contributed by atoms with Crippen molar-refractivity contribution in [3.63, 3.8) is 0 Å². The molecule has 1 heterocycles. The van der Waals surface area contributed by atoms with E-state index in [4.69, 9.17) is 4.74 Å². The van der Waals surface area contributed by atoms with Crippen LogP contribution in [-0.2, 0) is 4.74 Å². The number of fused-ring (bicyclic) bond motifs is 2. The number of hydrogen-bond donors (Lipinski definition) is 1. The maximum absolute atomic E-state index is 10.7. The molecule has 4 atom stereocenters. The molecule has 0 spiro atoms. The van der Waals surface area contributed by atoms with E-state index in [1.807, 2.05) is 0 Å². The Hall–Kier alpha value is -0.120. The number of morpholine rings is 1. The number of aliphatic hydroxyl groups is 1. The van der Waals surface area contributed by atoms with Crippen molar-refractivity contribution in [1.29, 1.82) is 0 Å². The van der Waals surface area contributed by atoms with Crippen LogP contribution in [0.25, 0.3) is 0 Å². The van der Waals surface area contributed by atoms with E-state index in [1.54, 1.807) is 0 Å². The van der Waals surface area contributed by atoms with Gasteiger partial charge in [0, 0.05) is 24.5 Å². The molecule has 2 saturated carbocycles. The number of rotatable bonds is 1. The topological polar surface area (TPSA) is 32.7 Å². The van der Waals surface area contributed by atoms with E-state index < -0.39 is 0 Å². The maximum Gasteiger partial charge on any atom is 0.0756 e. The minimum absolute atomic E-state index is 0.112. The van der Waals surface area contributed by atoms with Gasteiger partial charge in [-0.1, -0.05) is 20.8 Å². The van der Waals surface area contributed by atoms with Gasteiger partial charge in [-0.25, -0.2) is 0 Å². The lowest BCUT2D eigenvalue weighted by Crippen LogP contribution is -2.53. The van der Waals surface area contributed by atoms with Crippen LogP contribution in [0.15, 0.2) is 0 Å². The van der Waals surface area contributed by atoms with Crippen molar-refractivity contribution in [3.05, 3.63) is 0 Å². The van der Waals surface area contributed by atoms with E-state index >= 15 is 0 Å². The van der Waals surface area contributed by atoms with E-state index in [0.717, 1.165) is 26.3 Å². The Kier molecular flexibility index (Phi) is 2.59. The van der Waals surface area contributed by atoms with E-state index in [1.165, 1.54) is 12.8 Å². The lowest BCUT2D eigenvalue weighted by Gasteiger charge is -2.41. The molecule has 98 valence electrons. The molecule has 3 nitrogen and oxygen atoms in total. The summed E-state index contributed by atoms with van der Waals surface area (Å²) < 4.78 is 5.43. The van der Waals surface area contributed by atoms with E-state index in [2.05, 4.69) is 25.7 Å². The molecule has 0 radical (unpaired) electrons. The molecule has 3 aliphatic rings. The second-order valence-electron chi connectivity index (χ2n) is 6.87. The first-order valence-corrected chi connectivity index (χ1v) is 6.98. The van der Waals surface area contributed by atoms with Gasteiger partial charge in [-0.15, -0.1) is 0 Å². The third-order valence-electron chi connectivity index (χ3n) is 6.23. The predicted molar refractivity (Wildman–Crippen MR) is 66.8 cm³/mol. The molecule has 1 aliphatic heterocycles. The Morgan fingerprint density at radius 1 is 1.18 bits per heavy atom. The first-order valence-electron chi connectivity index (χ1n) is 6.98. The summed E-state index contributed by atoms with van der Waals surface area (Å²) in [6, 6.07) is 0.368. The highest BCUT2D eigenvalue weighted by Crippen LogP contribution is 2.66. The van der Waals surface area contributed by atoms with Crippen LogP contribution >= 0.6 is 0 Å². The molecule has 2 aliphatic carbocycles. The van der Waals surface area contributed by atoms with Gasteiger partial charge in [0.05, 0.1) is 19.3 Å². The van der Waals surface area contributed by atoms with Crippen LogP contribution in [0.4, 0.5) is 0 Å². The smallest absolute Gasteiger partial charge is 0.0756 e. The van der Waals surface area contributed by atoms with Crippen LogP contribution < -0.4 is 0 Å². The van der Waals surface area contributed by atoms with Gasteiger partial charge in [0.1, 0.15) is 0 Å². The largest absolute Gasteiger partial charge is 0.391 e. The number of hydrogen-bond acceptors (Lipinski definition) is 3. The van der Waals surface area contributed by atoms with Gasteiger partial charge < -0.3 is 9.84 Å². The number of aliphatic hydroxyl groups excluding tert-OH is 1. The van der Waals surface area contributed by atoms with Gasteiger partial charge in [0.2, 0.25) is 0 Å². The van der Waals surface area contributed by atoms with Crippen molar-refractivity contribution in [2.75, 3.05) is 26.3 Å². The van der Waals surface area contributed by atoms with Gasteiger partial charge in [-0.2, -0.15) is 0 Å². The molecule has 2 bridgehead atoms. The summed E-state index contributed by atoms with van der Waals surface area (Å²) >= 11 is 0. The summed E-state index contributed by atoms with van der Waals surface area (Å²) in [4.78, 5) is 2.48. The van der Waals surface area contributed by atoms with Crippen molar-refractivity contribution in [1.82, 2.24) is 4.90 Å². The molecule has 0 aromatic heterocycles. The number of ether oxygens (including phenoxy) is 1. The summed E-state index contributed by atoms with van der Waals surface area (Å²) in [6.07, 6.45) is 2.31. The summed E-state index contributed by atoms with van der Waals surface area (Å²) in [7, 11) is 0. The number of nitrogens with zero attached hydrogens (tertiary/aromatic N) is 1. The molecular weight excluding hydrogens is 214 g/mol. The molecule has 3 fully saturated rings. The highest BCUT2D eigenvalue weighted by Gasteiger charge is 2.66. The van der Waals surface area contributed by atoms with Crippen LogP contribution in [0, 0.1) is 16.7 Å². The molecule has 17 heavy (non-hydrogen) atoms. The maximum atomic E-state index is 10.7. The Morgan fingerprint density at radius 3 is 2.35 bits per heavy atom. The van der Waals surface area contributed by atoms with Crippen LogP contribution in [0.5, 0.6) is 0 Å². The molecule has 1 N–H and O–H groups in total. The van der Waals surface area contributed by atoms with Crippen LogP contribution in [0.3, 0.4) is 0 Å². The lowest BCUT2D eigenvalue weighted by atomic mass is 9.70. The zero-order valence-electron chi connectivity index (χ0n) is 11.3. The Balaban J connectivity index is 1.88. The highest BCUT2D eigenvalue weighted by atomic mass is 16.5. The molecule has 0 aromatic carbocycles. The van der Waals surface area contributed by atoms with E-state index in [0.29, 0.717) is 12.0 Å². The highest BCUT2D eigenvalue weighted by molar-refractivity contribution is 5.17. The Labute approximate surface area is 104 Å². The van der Waals surface area contributed by atoms with Crippen LogP contribution in [-0.4, -0.2) is 48.5 Å². The molecule has 0 unspecified atom stereocenters. The minimum Gasteiger partial charge on any atom is -0.391 e. The molecular formula is C14H25NO2. The average Bonchev–Trinajstić information content (AvgIpc) is 2.62. The first-order chi connectivity index (χ1) is 7.98. The molecule has 0 aromatic rings. The summed E-state index contributed by atoms with van der Waals surface area (Å²) in [6.45, 7) is 10.6. The third kappa shape index (κ3) is 1.39. The molecule has 0 amide bonds. The Morgan fingerprint density at radius 2 is 1.82 bits per heavy atom. The first kappa shape index (κ1) is 11.9. The van der Waals surface area contributed by atoms with Crippen LogP contribution in [0.2, 0.25) is 0 Å². The summed E-state index contributed by atoms with van der Waals surface area (Å²) in [5, 5.41) is 10.7. The minimum atomic E-state index is -0.158. The van der Waals surface area contributed by atoms with Gasteiger partial charge >= 0.3 is 0 Å². The van der Waals surface area contributed by atoms with Gasteiger partial charge in [0.15, 0.2) is 0 Å². The zero-order valence-corrected chi connectivity index (χ0v) is 11.3. The van der Waals surface area contributed by atoms with E-state index in [-0.39, 0.29) is 16.9 Å². The summed E-state index contributed by atoms with van der Waals surface area (Å²) in [5.41, 5.74) is 0.385. The predicted octanol–water partition coefficient (Wildman–Crippen LogP) is 1.50. The van der Waals surface area contributed by atoms with Crippen molar-refractivity contribution >= 4 is 0 Å². The lowest BCUT2D eigenvalue weighted by molar-refractivity contribution is -0.0596. The zero-order chi connectivity index (χ0) is 12.3. The van der Waals surface area contributed by atoms with E-state index in [9.17, 15) is 5.11 Å². The molecule has 1 saturated heterocycles. The fourth-order valence-electron chi connectivity index (χ4n) is 4.62. The van der Waals surface area contributed by atoms with Crippen molar-refractivity contribution in [3.8, 4) is 0 Å². The fraction of sp³-hybridized carbons (Fsp3) is 1.00. The fourth-order valence-corrected chi connectivity index (χ4v) is 4.62. The summed E-state index contributed by atoms with van der Waals surface area (Å²) in [5.74, 6) is 0.653. The quantitative estimate of drug-likeness (QED) is 0.753. The van der Waals surface area contributed by atoms with Crippen molar-refractivity contribution < 1.29 is 9.84 Å². The van der Waals surface area contributed by atoms with Gasteiger partial charge in [-0.05, 0) is 24.2 Å². The van der Waals surface area contributed by atoms with Crippen molar-refractivity contribution in [2.45, 2.75) is 45.8 Å².